The second-order valence-electron chi connectivity index (χ2n) is 3.53. The van der Waals surface area contributed by atoms with Crippen LogP contribution >= 0.6 is 0 Å². The van der Waals surface area contributed by atoms with E-state index in [1.54, 1.807) is 7.11 Å². The largest absolute Gasteiger partial charge is 0.497 e. The molecule has 1 aromatic carbocycles. The number of aromatic nitrogens is 2. The van der Waals surface area contributed by atoms with Gasteiger partial charge in [-0.25, -0.2) is 4.68 Å². The summed E-state index contributed by atoms with van der Waals surface area (Å²) < 4.78 is 7.10. The van der Waals surface area contributed by atoms with Gasteiger partial charge in [0.05, 0.1) is 19.0 Å². The molecule has 0 radical (unpaired) electrons. The van der Waals surface area contributed by atoms with Crippen molar-refractivity contribution in [1.82, 2.24) is 9.78 Å². The van der Waals surface area contributed by atoms with Gasteiger partial charge >= 0.3 is 0 Å². The summed E-state index contributed by atoms with van der Waals surface area (Å²) in [5.41, 5.74) is 3.38. The van der Waals surface area contributed by atoms with Crippen LogP contribution in [0.3, 0.4) is 0 Å². The lowest BCUT2D eigenvalue weighted by atomic mass is 10.2. The molecule has 0 amide bonds. The Balaban J connectivity index is 2.49. The third-order valence-corrected chi connectivity index (χ3v) is 2.55. The van der Waals surface area contributed by atoms with Crippen LogP contribution in [-0.2, 0) is 0 Å². The maximum Gasteiger partial charge on any atom is 0.121 e. The molecule has 15 heavy (non-hydrogen) atoms. The molecule has 0 spiro atoms. The van der Waals surface area contributed by atoms with E-state index in [4.69, 9.17) is 4.74 Å². The molecule has 0 fully saturated rings. The Hall–Kier alpha value is -1.77. The molecule has 0 unspecified atom stereocenters. The number of methoxy groups -OCH3 is 1. The predicted octanol–water partition coefficient (Wildman–Crippen LogP) is 2.50. The van der Waals surface area contributed by atoms with Gasteiger partial charge in [-0.2, -0.15) is 5.10 Å². The molecule has 0 atom stereocenters. The maximum atomic E-state index is 5.18. The van der Waals surface area contributed by atoms with Gasteiger partial charge in [-0.15, -0.1) is 0 Å². The molecule has 3 heteroatoms. The summed E-state index contributed by atoms with van der Waals surface area (Å²) in [7, 11) is 1.67. The van der Waals surface area contributed by atoms with E-state index >= 15 is 0 Å². The first-order valence-electron chi connectivity index (χ1n) is 4.88. The van der Waals surface area contributed by atoms with Crippen molar-refractivity contribution in [2.75, 3.05) is 7.11 Å². The third kappa shape index (κ3) is 1.73. The van der Waals surface area contributed by atoms with Crippen LogP contribution in [0, 0.1) is 13.8 Å². The van der Waals surface area contributed by atoms with Gasteiger partial charge in [0.1, 0.15) is 5.75 Å². The van der Waals surface area contributed by atoms with Crippen LogP contribution in [0.4, 0.5) is 0 Å². The molecule has 1 heterocycles. The van der Waals surface area contributed by atoms with E-state index in [0.29, 0.717) is 0 Å². The van der Waals surface area contributed by atoms with Gasteiger partial charge in [0.25, 0.3) is 0 Å². The lowest BCUT2D eigenvalue weighted by Crippen LogP contribution is -1.99. The molecular weight excluding hydrogens is 188 g/mol. The second-order valence-corrected chi connectivity index (χ2v) is 3.53. The fourth-order valence-electron chi connectivity index (χ4n) is 1.49. The number of nitrogens with zero attached hydrogens (tertiary/aromatic N) is 2. The van der Waals surface area contributed by atoms with Crippen LogP contribution < -0.4 is 4.74 Å². The first-order chi connectivity index (χ1) is 7.22. The average molecular weight is 202 g/mol. The Bertz CT molecular complexity index is 474. The summed E-state index contributed by atoms with van der Waals surface area (Å²) in [6.45, 7) is 4.11. The summed E-state index contributed by atoms with van der Waals surface area (Å²) in [6.07, 6.45) is 1.87. The van der Waals surface area contributed by atoms with Crippen molar-refractivity contribution >= 4 is 0 Å². The first-order valence-corrected chi connectivity index (χ1v) is 4.88. The summed E-state index contributed by atoms with van der Waals surface area (Å²) in [5, 5.41) is 4.32. The Kier molecular flexibility index (Phi) is 2.46. The van der Waals surface area contributed by atoms with Crippen molar-refractivity contribution < 1.29 is 4.74 Å². The van der Waals surface area contributed by atoms with Crippen LogP contribution in [-0.4, -0.2) is 16.9 Å². The SMILES string of the molecule is COc1cccc(-n2ncc(C)c2C)c1. The van der Waals surface area contributed by atoms with Crippen LogP contribution in [0.2, 0.25) is 0 Å². The zero-order chi connectivity index (χ0) is 10.8. The van der Waals surface area contributed by atoms with Gasteiger partial charge < -0.3 is 4.74 Å². The van der Waals surface area contributed by atoms with Crippen LogP contribution in [0.25, 0.3) is 5.69 Å². The molecule has 0 bridgehead atoms. The van der Waals surface area contributed by atoms with E-state index in [1.165, 1.54) is 5.56 Å². The first kappa shape index (κ1) is 9.77. The molecule has 0 saturated heterocycles. The lowest BCUT2D eigenvalue weighted by molar-refractivity contribution is 0.414. The highest BCUT2D eigenvalue weighted by Gasteiger charge is 2.04. The van der Waals surface area contributed by atoms with Crippen molar-refractivity contribution in [3.63, 3.8) is 0 Å². The number of benzene rings is 1. The topological polar surface area (TPSA) is 27.1 Å². The molecule has 3 nitrogen and oxygen atoms in total. The summed E-state index contributed by atoms with van der Waals surface area (Å²) in [4.78, 5) is 0. The molecule has 0 aliphatic rings. The van der Waals surface area contributed by atoms with Crippen molar-refractivity contribution in [3.05, 3.63) is 41.7 Å². The minimum atomic E-state index is 0.847. The summed E-state index contributed by atoms with van der Waals surface area (Å²) in [6, 6.07) is 7.88. The van der Waals surface area contributed by atoms with Gasteiger partial charge in [-0.3, -0.25) is 0 Å². The molecule has 0 saturated carbocycles. The van der Waals surface area contributed by atoms with E-state index in [2.05, 4.69) is 18.9 Å². The number of rotatable bonds is 2. The monoisotopic (exact) mass is 202 g/mol. The molecule has 0 aliphatic heterocycles. The van der Waals surface area contributed by atoms with Crippen LogP contribution in [0.15, 0.2) is 30.5 Å². The van der Waals surface area contributed by atoms with E-state index in [9.17, 15) is 0 Å². The van der Waals surface area contributed by atoms with Crippen LogP contribution in [0.5, 0.6) is 5.75 Å². The molecule has 2 rings (SSSR count). The number of hydrogen-bond donors (Lipinski definition) is 0. The van der Waals surface area contributed by atoms with Gasteiger partial charge in [-0.1, -0.05) is 6.07 Å². The highest BCUT2D eigenvalue weighted by molar-refractivity contribution is 5.40. The van der Waals surface area contributed by atoms with Crippen molar-refractivity contribution in [2.45, 2.75) is 13.8 Å². The van der Waals surface area contributed by atoms with Crippen molar-refractivity contribution in [3.8, 4) is 11.4 Å². The molecule has 0 aliphatic carbocycles. The van der Waals surface area contributed by atoms with E-state index in [0.717, 1.165) is 17.1 Å². The van der Waals surface area contributed by atoms with E-state index in [-0.39, 0.29) is 0 Å². The number of aryl methyl sites for hydroxylation is 1. The quantitative estimate of drug-likeness (QED) is 0.748. The van der Waals surface area contributed by atoms with Crippen molar-refractivity contribution in [2.24, 2.45) is 0 Å². The van der Waals surface area contributed by atoms with E-state index < -0.39 is 0 Å². The minimum Gasteiger partial charge on any atom is -0.497 e. The second kappa shape index (κ2) is 3.77. The minimum absolute atomic E-state index is 0.847. The molecule has 0 N–H and O–H groups in total. The van der Waals surface area contributed by atoms with Crippen LogP contribution in [0.1, 0.15) is 11.3 Å². The number of hydrogen-bond acceptors (Lipinski definition) is 2. The van der Waals surface area contributed by atoms with Gasteiger partial charge in [-0.05, 0) is 31.5 Å². The normalized spacial score (nSPS) is 10.3. The Labute approximate surface area is 89.3 Å². The number of ether oxygens (including phenoxy) is 1. The molecular formula is C12H14N2O. The summed E-state index contributed by atoms with van der Waals surface area (Å²) >= 11 is 0. The predicted molar refractivity (Wildman–Crippen MR) is 59.6 cm³/mol. The van der Waals surface area contributed by atoms with Gasteiger partial charge in [0.15, 0.2) is 0 Å². The summed E-state index contributed by atoms with van der Waals surface area (Å²) in [5.74, 6) is 0.847. The fraction of sp³-hybridized carbons (Fsp3) is 0.250. The Morgan fingerprint density at radius 2 is 2.07 bits per heavy atom. The Morgan fingerprint density at radius 1 is 1.27 bits per heavy atom. The maximum absolute atomic E-state index is 5.18. The molecule has 1 aromatic heterocycles. The zero-order valence-corrected chi connectivity index (χ0v) is 9.19. The van der Waals surface area contributed by atoms with E-state index in [1.807, 2.05) is 35.1 Å². The highest BCUT2D eigenvalue weighted by atomic mass is 16.5. The smallest absolute Gasteiger partial charge is 0.121 e. The van der Waals surface area contributed by atoms with Crippen molar-refractivity contribution in [1.29, 1.82) is 0 Å². The Morgan fingerprint density at radius 3 is 2.67 bits per heavy atom. The lowest BCUT2D eigenvalue weighted by Gasteiger charge is -2.06. The van der Waals surface area contributed by atoms with Gasteiger partial charge in [0, 0.05) is 11.8 Å². The standard InChI is InChI=1S/C12H14N2O/c1-9-8-13-14(10(9)2)11-5-4-6-12(7-11)15-3/h4-8H,1-3H3. The fourth-order valence-corrected chi connectivity index (χ4v) is 1.49. The molecule has 78 valence electrons. The highest BCUT2D eigenvalue weighted by Crippen LogP contribution is 2.18. The third-order valence-electron chi connectivity index (χ3n) is 2.55. The molecule has 2 aromatic rings. The average Bonchev–Trinajstić information content (AvgIpc) is 2.60. The van der Waals surface area contributed by atoms with Gasteiger partial charge in [0.2, 0.25) is 0 Å². The zero-order valence-electron chi connectivity index (χ0n) is 9.19.